The largest absolute Gasteiger partial charge is 0.390 e. The zero-order chi connectivity index (χ0) is 23.4. The quantitative estimate of drug-likeness (QED) is 0.503. The van der Waals surface area contributed by atoms with Gasteiger partial charge in [-0.05, 0) is 47.7 Å². The third kappa shape index (κ3) is 5.39. The van der Waals surface area contributed by atoms with Crippen LogP contribution < -0.4 is 11.1 Å². The highest BCUT2D eigenvalue weighted by molar-refractivity contribution is 7.89. The molecule has 0 radical (unpaired) electrons. The van der Waals surface area contributed by atoms with E-state index in [4.69, 9.17) is 5.73 Å². The van der Waals surface area contributed by atoms with Crippen LogP contribution in [0.15, 0.2) is 71.9 Å². The van der Waals surface area contributed by atoms with Crippen molar-refractivity contribution in [1.82, 2.24) is 14.6 Å². The first kappa shape index (κ1) is 23.3. The van der Waals surface area contributed by atoms with Crippen molar-refractivity contribution in [3.8, 4) is 0 Å². The molecule has 1 aliphatic rings. The van der Waals surface area contributed by atoms with Gasteiger partial charge in [-0.2, -0.15) is 4.31 Å². The number of aliphatic hydroxyl groups is 1. The standard InChI is InChI=1S/C24H28N4O4S/c25-20(15-17-10-11-18-6-1-2-7-19(18)14-17)24(30)27-21-8-5-13-28(16-22(21)29)33(31,32)23-9-3-4-12-26-23/h1-4,6-7,9-12,14,20-22,29H,5,8,13,15-16,25H2,(H,27,30). The van der Waals surface area contributed by atoms with Crippen LogP contribution in [0.25, 0.3) is 10.8 Å². The number of β-amino-alcohol motifs (C(OH)–C–C–N with tert-alkyl or cyclic N) is 1. The molecule has 8 nitrogen and oxygen atoms in total. The van der Waals surface area contributed by atoms with Crippen LogP contribution in [0.5, 0.6) is 0 Å². The lowest BCUT2D eigenvalue weighted by molar-refractivity contribution is -0.123. The number of pyridine rings is 1. The van der Waals surface area contributed by atoms with E-state index in [9.17, 15) is 18.3 Å². The average Bonchev–Trinajstić information content (AvgIpc) is 3.01. The van der Waals surface area contributed by atoms with Crippen molar-refractivity contribution in [3.63, 3.8) is 0 Å². The monoisotopic (exact) mass is 468 g/mol. The molecular weight excluding hydrogens is 440 g/mol. The van der Waals surface area contributed by atoms with E-state index in [1.54, 1.807) is 12.1 Å². The van der Waals surface area contributed by atoms with Gasteiger partial charge in [-0.3, -0.25) is 4.79 Å². The summed E-state index contributed by atoms with van der Waals surface area (Å²) in [5.41, 5.74) is 7.11. The fourth-order valence-electron chi connectivity index (χ4n) is 4.13. The Labute approximate surface area is 193 Å². The van der Waals surface area contributed by atoms with Gasteiger partial charge in [0.2, 0.25) is 5.91 Å². The maximum absolute atomic E-state index is 12.9. The Morgan fingerprint density at radius 2 is 1.91 bits per heavy atom. The first-order valence-electron chi connectivity index (χ1n) is 11.0. The number of nitrogens with one attached hydrogen (secondary N) is 1. The Kier molecular flexibility index (Phi) is 7.04. The molecule has 2 aromatic carbocycles. The van der Waals surface area contributed by atoms with Gasteiger partial charge in [-0.15, -0.1) is 0 Å². The zero-order valence-corrected chi connectivity index (χ0v) is 19.0. The van der Waals surface area contributed by atoms with E-state index in [1.165, 1.54) is 16.6 Å². The molecule has 174 valence electrons. The lowest BCUT2D eigenvalue weighted by Crippen LogP contribution is -2.52. The normalized spacial score (nSPS) is 20.8. The number of aromatic nitrogens is 1. The topological polar surface area (TPSA) is 126 Å². The number of benzene rings is 2. The summed E-state index contributed by atoms with van der Waals surface area (Å²) >= 11 is 0. The summed E-state index contributed by atoms with van der Waals surface area (Å²) in [6.45, 7) is 0.120. The Morgan fingerprint density at radius 3 is 2.67 bits per heavy atom. The van der Waals surface area contributed by atoms with Crippen molar-refractivity contribution in [2.75, 3.05) is 13.1 Å². The molecule has 33 heavy (non-hydrogen) atoms. The van der Waals surface area contributed by atoms with Crippen molar-refractivity contribution in [2.24, 2.45) is 5.73 Å². The summed E-state index contributed by atoms with van der Waals surface area (Å²) < 4.78 is 27.0. The molecule has 0 bridgehead atoms. The first-order valence-corrected chi connectivity index (χ1v) is 12.4. The Balaban J connectivity index is 1.38. The summed E-state index contributed by atoms with van der Waals surface area (Å²) in [5.74, 6) is -0.367. The van der Waals surface area contributed by atoms with Crippen LogP contribution in [0.2, 0.25) is 0 Å². The first-order chi connectivity index (χ1) is 15.8. The fourth-order valence-corrected chi connectivity index (χ4v) is 5.56. The van der Waals surface area contributed by atoms with Gasteiger partial charge in [-0.25, -0.2) is 13.4 Å². The van der Waals surface area contributed by atoms with Crippen LogP contribution in [0, 0.1) is 0 Å². The van der Waals surface area contributed by atoms with Gasteiger partial charge in [0.05, 0.1) is 18.2 Å². The van der Waals surface area contributed by atoms with Gasteiger partial charge < -0.3 is 16.2 Å². The van der Waals surface area contributed by atoms with E-state index >= 15 is 0 Å². The second-order valence-electron chi connectivity index (χ2n) is 8.35. The molecule has 0 saturated carbocycles. The molecule has 1 amide bonds. The van der Waals surface area contributed by atoms with Crippen LogP contribution in [-0.4, -0.2) is 60.0 Å². The maximum Gasteiger partial charge on any atom is 0.260 e. The van der Waals surface area contributed by atoms with Crippen LogP contribution >= 0.6 is 0 Å². The SMILES string of the molecule is NC(Cc1ccc2ccccc2c1)C(=O)NC1CCCN(S(=O)(=O)c2ccccn2)CC1O. The van der Waals surface area contributed by atoms with Gasteiger partial charge in [0.15, 0.2) is 5.03 Å². The molecule has 0 aliphatic carbocycles. The molecule has 3 unspecified atom stereocenters. The number of carbonyl (C=O) groups is 1. The lowest BCUT2D eigenvalue weighted by atomic mass is 10.0. The number of hydrogen-bond donors (Lipinski definition) is 3. The van der Waals surface area contributed by atoms with Crippen molar-refractivity contribution in [3.05, 3.63) is 72.4 Å². The van der Waals surface area contributed by atoms with Crippen LogP contribution in [0.1, 0.15) is 18.4 Å². The van der Waals surface area contributed by atoms with Gasteiger partial charge in [0, 0.05) is 19.3 Å². The van der Waals surface area contributed by atoms with E-state index in [0.29, 0.717) is 19.3 Å². The van der Waals surface area contributed by atoms with Crippen LogP contribution in [0.3, 0.4) is 0 Å². The molecular formula is C24H28N4O4S. The van der Waals surface area contributed by atoms with Crippen molar-refractivity contribution in [1.29, 1.82) is 0 Å². The molecule has 0 spiro atoms. The number of hydrogen-bond acceptors (Lipinski definition) is 6. The van der Waals surface area contributed by atoms with E-state index in [0.717, 1.165) is 16.3 Å². The molecule has 9 heteroatoms. The predicted molar refractivity (Wildman–Crippen MR) is 126 cm³/mol. The number of aliphatic hydroxyl groups excluding tert-OH is 1. The Hall–Kier alpha value is -2.85. The predicted octanol–water partition coefficient (Wildman–Crippen LogP) is 1.43. The molecule has 1 fully saturated rings. The highest BCUT2D eigenvalue weighted by atomic mass is 32.2. The molecule has 3 aromatic rings. The highest BCUT2D eigenvalue weighted by Gasteiger charge is 2.34. The molecule has 2 heterocycles. The summed E-state index contributed by atoms with van der Waals surface area (Å²) in [6.07, 6.45) is 1.67. The number of fused-ring (bicyclic) bond motifs is 1. The molecule has 4 rings (SSSR count). The molecule has 1 aromatic heterocycles. The minimum atomic E-state index is -3.82. The lowest BCUT2D eigenvalue weighted by Gasteiger charge is -2.25. The van der Waals surface area contributed by atoms with Crippen LogP contribution in [-0.2, 0) is 21.2 Å². The molecule has 4 N–H and O–H groups in total. The summed E-state index contributed by atoms with van der Waals surface area (Å²) in [5, 5.41) is 15.7. The van der Waals surface area contributed by atoms with E-state index in [1.807, 2.05) is 42.5 Å². The molecule has 1 saturated heterocycles. The fraction of sp³-hybridized carbons (Fsp3) is 0.333. The third-order valence-corrected chi connectivity index (χ3v) is 7.74. The summed E-state index contributed by atoms with van der Waals surface area (Å²) in [7, 11) is -3.82. The minimum Gasteiger partial charge on any atom is -0.390 e. The zero-order valence-electron chi connectivity index (χ0n) is 18.2. The summed E-state index contributed by atoms with van der Waals surface area (Å²) in [4.78, 5) is 16.7. The van der Waals surface area contributed by atoms with E-state index < -0.39 is 28.2 Å². The second kappa shape index (κ2) is 9.96. The maximum atomic E-state index is 12.9. The number of nitrogens with zero attached hydrogens (tertiary/aromatic N) is 2. The van der Waals surface area contributed by atoms with Crippen LogP contribution in [0.4, 0.5) is 0 Å². The number of rotatable bonds is 6. The second-order valence-corrected chi connectivity index (χ2v) is 10.2. The van der Waals surface area contributed by atoms with E-state index in [-0.39, 0.29) is 24.0 Å². The Bertz CT molecular complexity index is 1220. The smallest absolute Gasteiger partial charge is 0.260 e. The van der Waals surface area contributed by atoms with Crippen molar-refractivity contribution >= 4 is 26.7 Å². The van der Waals surface area contributed by atoms with Crippen molar-refractivity contribution in [2.45, 2.75) is 42.5 Å². The van der Waals surface area contributed by atoms with E-state index in [2.05, 4.69) is 10.3 Å². The van der Waals surface area contributed by atoms with Crippen molar-refractivity contribution < 1.29 is 18.3 Å². The van der Waals surface area contributed by atoms with Gasteiger partial charge in [0.25, 0.3) is 10.0 Å². The summed E-state index contributed by atoms with van der Waals surface area (Å²) in [6, 6.07) is 17.3. The van der Waals surface area contributed by atoms with Gasteiger partial charge in [-0.1, -0.05) is 48.5 Å². The molecule has 1 aliphatic heterocycles. The van der Waals surface area contributed by atoms with Gasteiger partial charge in [0.1, 0.15) is 0 Å². The molecule has 3 atom stereocenters. The number of carbonyl (C=O) groups excluding carboxylic acids is 1. The average molecular weight is 469 g/mol. The number of sulfonamides is 1. The Morgan fingerprint density at radius 1 is 1.15 bits per heavy atom. The highest BCUT2D eigenvalue weighted by Crippen LogP contribution is 2.20. The number of amides is 1. The van der Waals surface area contributed by atoms with Gasteiger partial charge >= 0.3 is 0 Å². The number of nitrogens with two attached hydrogens (primary N) is 1. The third-order valence-electron chi connectivity index (χ3n) is 5.95. The minimum absolute atomic E-state index is 0.0582.